The minimum absolute atomic E-state index is 0.241. The molecule has 0 aromatic carbocycles. The molecule has 2 aliphatic heterocycles. The number of thiophene rings is 1. The van der Waals surface area contributed by atoms with Crippen LogP contribution < -0.4 is 5.32 Å². The fraction of sp³-hybridized carbons (Fsp3) is 0.545. The van der Waals surface area contributed by atoms with Crippen LogP contribution in [0.1, 0.15) is 10.4 Å². The minimum atomic E-state index is 0.241. The fourth-order valence-electron chi connectivity index (χ4n) is 2.16. The lowest BCUT2D eigenvalue weighted by molar-refractivity contribution is -0.138. The second kappa shape index (κ2) is 3.61. The van der Waals surface area contributed by atoms with E-state index >= 15 is 0 Å². The molecule has 1 fully saturated rings. The molecule has 1 aromatic rings. The van der Waals surface area contributed by atoms with Gasteiger partial charge >= 0.3 is 0 Å². The number of carbonyl (C=O) groups is 1. The van der Waals surface area contributed by atoms with Gasteiger partial charge in [0.25, 0.3) is 0 Å². The second-order valence-corrected chi connectivity index (χ2v) is 5.23. The first-order chi connectivity index (χ1) is 7.34. The Morgan fingerprint density at radius 2 is 2.40 bits per heavy atom. The highest BCUT2D eigenvalue weighted by Crippen LogP contribution is 2.25. The van der Waals surface area contributed by atoms with Gasteiger partial charge in [0, 0.05) is 31.1 Å². The van der Waals surface area contributed by atoms with E-state index in [4.69, 9.17) is 0 Å². The van der Waals surface area contributed by atoms with Gasteiger partial charge in [0.05, 0.1) is 5.92 Å². The first kappa shape index (κ1) is 9.36. The summed E-state index contributed by atoms with van der Waals surface area (Å²) in [5.41, 5.74) is 1.35. The zero-order valence-electron chi connectivity index (χ0n) is 8.53. The van der Waals surface area contributed by atoms with Gasteiger partial charge in [0.2, 0.25) is 5.91 Å². The standard InChI is InChI=1S/C11H14N2OS/c14-11(9-5-12-6-9)13-3-1-10-8(7-13)2-4-15-10/h2,4,9,12H,1,3,5-7H2. The fourth-order valence-corrected chi connectivity index (χ4v) is 3.05. The summed E-state index contributed by atoms with van der Waals surface area (Å²) in [4.78, 5) is 15.5. The number of rotatable bonds is 1. The number of fused-ring (bicyclic) bond motifs is 1. The lowest BCUT2D eigenvalue weighted by atomic mass is 10.00. The maximum Gasteiger partial charge on any atom is 0.228 e. The third-order valence-corrected chi connectivity index (χ3v) is 4.27. The number of hydrogen-bond donors (Lipinski definition) is 1. The Morgan fingerprint density at radius 3 is 3.13 bits per heavy atom. The molecule has 3 heterocycles. The maximum atomic E-state index is 12.0. The Morgan fingerprint density at radius 1 is 1.53 bits per heavy atom. The highest BCUT2D eigenvalue weighted by atomic mass is 32.1. The summed E-state index contributed by atoms with van der Waals surface area (Å²) in [5, 5.41) is 5.28. The summed E-state index contributed by atoms with van der Waals surface area (Å²) in [6.45, 7) is 3.47. The molecule has 0 atom stereocenters. The van der Waals surface area contributed by atoms with Gasteiger partial charge < -0.3 is 10.2 Å². The van der Waals surface area contributed by atoms with Gasteiger partial charge in [-0.2, -0.15) is 0 Å². The minimum Gasteiger partial charge on any atom is -0.338 e. The predicted octanol–water partition coefficient (Wildman–Crippen LogP) is 0.852. The van der Waals surface area contributed by atoms with Crippen molar-refractivity contribution in [1.29, 1.82) is 0 Å². The van der Waals surface area contributed by atoms with Crippen molar-refractivity contribution >= 4 is 17.2 Å². The van der Waals surface area contributed by atoms with Gasteiger partial charge in [-0.05, 0) is 23.4 Å². The SMILES string of the molecule is O=C(C1CNC1)N1CCc2sccc2C1. The van der Waals surface area contributed by atoms with E-state index < -0.39 is 0 Å². The molecule has 0 aliphatic carbocycles. The van der Waals surface area contributed by atoms with E-state index in [9.17, 15) is 4.79 Å². The summed E-state index contributed by atoms with van der Waals surface area (Å²) in [5.74, 6) is 0.579. The van der Waals surface area contributed by atoms with E-state index in [-0.39, 0.29) is 5.92 Å². The molecule has 0 spiro atoms. The molecule has 2 aliphatic rings. The first-order valence-corrected chi connectivity index (χ1v) is 6.27. The van der Waals surface area contributed by atoms with Crippen molar-refractivity contribution in [3.05, 3.63) is 21.9 Å². The summed E-state index contributed by atoms with van der Waals surface area (Å²) >= 11 is 1.82. The largest absolute Gasteiger partial charge is 0.338 e. The van der Waals surface area contributed by atoms with E-state index in [2.05, 4.69) is 16.8 Å². The Hall–Kier alpha value is -0.870. The number of nitrogens with zero attached hydrogens (tertiary/aromatic N) is 1. The van der Waals surface area contributed by atoms with Crippen molar-refractivity contribution in [3.8, 4) is 0 Å². The lowest BCUT2D eigenvalue weighted by Gasteiger charge is -2.34. The molecule has 1 N–H and O–H groups in total. The third-order valence-electron chi connectivity index (χ3n) is 3.25. The quantitative estimate of drug-likeness (QED) is 0.764. The second-order valence-electron chi connectivity index (χ2n) is 4.23. The van der Waals surface area contributed by atoms with Crippen LogP contribution in [0.4, 0.5) is 0 Å². The van der Waals surface area contributed by atoms with Gasteiger partial charge in [-0.1, -0.05) is 0 Å². The van der Waals surface area contributed by atoms with Gasteiger partial charge in [0.1, 0.15) is 0 Å². The molecule has 80 valence electrons. The van der Waals surface area contributed by atoms with Crippen molar-refractivity contribution in [2.24, 2.45) is 5.92 Å². The van der Waals surface area contributed by atoms with Crippen molar-refractivity contribution < 1.29 is 4.79 Å². The lowest BCUT2D eigenvalue weighted by Crippen LogP contribution is -2.52. The predicted molar refractivity (Wildman–Crippen MR) is 59.8 cm³/mol. The molecule has 3 nitrogen and oxygen atoms in total. The smallest absolute Gasteiger partial charge is 0.228 e. The van der Waals surface area contributed by atoms with E-state index in [0.717, 1.165) is 32.6 Å². The van der Waals surface area contributed by atoms with Gasteiger partial charge in [-0.3, -0.25) is 4.79 Å². The van der Waals surface area contributed by atoms with E-state index in [0.29, 0.717) is 5.91 Å². The Labute approximate surface area is 93.1 Å². The summed E-state index contributed by atoms with van der Waals surface area (Å²) < 4.78 is 0. The van der Waals surface area contributed by atoms with Crippen LogP contribution in [-0.2, 0) is 17.8 Å². The van der Waals surface area contributed by atoms with Crippen LogP contribution in [0.25, 0.3) is 0 Å². The molecule has 0 unspecified atom stereocenters. The zero-order chi connectivity index (χ0) is 10.3. The molecule has 1 saturated heterocycles. The number of carbonyl (C=O) groups excluding carboxylic acids is 1. The third kappa shape index (κ3) is 1.58. The molecular formula is C11H14N2OS. The molecular weight excluding hydrogens is 208 g/mol. The number of hydrogen-bond acceptors (Lipinski definition) is 3. The number of nitrogens with one attached hydrogen (secondary N) is 1. The molecule has 0 bridgehead atoms. The Bertz CT molecular complexity index is 384. The van der Waals surface area contributed by atoms with Gasteiger partial charge in [-0.15, -0.1) is 11.3 Å². The van der Waals surface area contributed by atoms with Crippen molar-refractivity contribution in [2.45, 2.75) is 13.0 Å². The molecule has 4 heteroatoms. The Kier molecular flexibility index (Phi) is 2.25. The monoisotopic (exact) mass is 222 g/mol. The first-order valence-electron chi connectivity index (χ1n) is 5.39. The molecule has 0 saturated carbocycles. The topological polar surface area (TPSA) is 32.3 Å². The van der Waals surface area contributed by atoms with Crippen LogP contribution in [0.15, 0.2) is 11.4 Å². The van der Waals surface area contributed by atoms with Crippen molar-refractivity contribution in [2.75, 3.05) is 19.6 Å². The van der Waals surface area contributed by atoms with Crippen LogP contribution >= 0.6 is 11.3 Å². The van der Waals surface area contributed by atoms with Gasteiger partial charge in [0.15, 0.2) is 0 Å². The average molecular weight is 222 g/mol. The summed E-state index contributed by atoms with van der Waals surface area (Å²) in [7, 11) is 0. The molecule has 15 heavy (non-hydrogen) atoms. The van der Waals surface area contributed by atoms with Crippen LogP contribution in [0.5, 0.6) is 0 Å². The van der Waals surface area contributed by atoms with Crippen molar-refractivity contribution in [3.63, 3.8) is 0 Å². The van der Waals surface area contributed by atoms with Crippen molar-refractivity contribution in [1.82, 2.24) is 10.2 Å². The highest BCUT2D eigenvalue weighted by Gasteiger charge is 2.31. The molecule has 0 radical (unpaired) electrons. The van der Waals surface area contributed by atoms with Crippen LogP contribution in [0.2, 0.25) is 0 Å². The van der Waals surface area contributed by atoms with E-state index in [1.807, 2.05) is 16.2 Å². The zero-order valence-corrected chi connectivity index (χ0v) is 9.35. The maximum absolute atomic E-state index is 12.0. The normalized spacial score (nSPS) is 20.9. The highest BCUT2D eigenvalue weighted by molar-refractivity contribution is 7.10. The van der Waals surface area contributed by atoms with E-state index in [1.54, 1.807) is 0 Å². The average Bonchev–Trinajstić information content (AvgIpc) is 2.61. The van der Waals surface area contributed by atoms with Gasteiger partial charge in [-0.25, -0.2) is 0 Å². The van der Waals surface area contributed by atoms with Crippen LogP contribution in [-0.4, -0.2) is 30.4 Å². The number of amides is 1. The summed E-state index contributed by atoms with van der Waals surface area (Å²) in [6.07, 6.45) is 1.04. The van der Waals surface area contributed by atoms with Crippen LogP contribution in [0, 0.1) is 5.92 Å². The van der Waals surface area contributed by atoms with Crippen LogP contribution in [0.3, 0.4) is 0 Å². The molecule has 1 amide bonds. The molecule has 3 rings (SSSR count). The Balaban J connectivity index is 1.72. The molecule has 1 aromatic heterocycles. The van der Waals surface area contributed by atoms with E-state index in [1.165, 1.54) is 10.4 Å². The summed E-state index contributed by atoms with van der Waals surface area (Å²) in [6, 6.07) is 2.15.